The SMILES string of the molecule is Cc1cc(F)c(C(C)NC(C)C(C)C)cc1F. The monoisotopic (exact) mass is 241 g/mol. The summed E-state index contributed by atoms with van der Waals surface area (Å²) < 4.78 is 27.1. The summed E-state index contributed by atoms with van der Waals surface area (Å²) in [5, 5.41) is 3.28. The molecule has 2 unspecified atom stereocenters. The number of aryl methyl sites for hydroxylation is 1. The van der Waals surface area contributed by atoms with Crippen molar-refractivity contribution in [2.75, 3.05) is 0 Å². The molecule has 0 aromatic heterocycles. The third-order valence-electron chi connectivity index (χ3n) is 3.26. The van der Waals surface area contributed by atoms with Gasteiger partial charge in [0.05, 0.1) is 0 Å². The molecular weight excluding hydrogens is 220 g/mol. The lowest BCUT2D eigenvalue weighted by Crippen LogP contribution is -2.33. The second kappa shape index (κ2) is 5.58. The highest BCUT2D eigenvalue weighted by Crippen LogP contribution is 2.21. The zero-order valence-electron chi connectivity index (χ0n) is 11.1. The lowest BCUT2D eigenvalue weighted by atomic mass is 10.0. The average Bonchev–Trinajstić information content (AvgIpc) is 2.22. The van der Waals surface area contributed by atoms with Crippen LogP contribution in [0.5, 0.6) is 0 Å². The lowest BCUT2D eigenvalue weighted by molar-refractivity contribution is 0.381. The van der Waals surface area contributed by atoms with Crippen LogP contribution >= 0.6 is 0 Å². The summed E-state index contributed by atoms with van der Waals surface area (Å²) in [7, 11) is 0. The van der Waals surface area contributed by atoms with Crippen LogP contribution in [-0.4, -0.2) is 6.04 Å². The Kier molecular flexibility index (Phi) is 4.63. The molecule has 0 radical (unpaired) electrons. The molecule has 17 heavy (non-hydrogen) atoms. The van der Waals surface area contributed by atoms with Crippen molar-refractivity contribution in [2.24, 2.45) is 5.92 Å². The second-order valence-electron chi connectivity index (χ2n) is 5.04. The Labute approximate surface area is 102 Å². The molecule has 1 nitrogen and oxygen atoms in total. The van der Waals surface area contributed by atoms with Crippen LogP contribution in [0.1, 0.15) is 44.9 Å². The molecule has 1 N–H and O–H groups in total. The predicted molar refractivity (Wildman–Crippen MR) is 66.9 cm³/mol. The van der Waals surface area contributed by atoms with Gasteiger partial charge in [0.25, 0.3) is 0 Å². The largest absolute Gasteiger partial charge is 0.307 e. The van der Waals surface area contributed by atoms with Gasteiger partial charge in [-0.25, -0.2) is 8.78 Å². The van der Waals surface area contributed by atoms with E-state index in [1.165, 1.54) is 12.1 Å². The number of hydrogen-bond donors (Lipinski definition) is 1. The van der Waals surface area contributed by atoms with Crippen LogP contribution in [0.4, 0.5) is 8.78 Å². The first kappa shape index (κ1) is 14.1. The first-order valence-electron chi connectivity index (χ1n) is 6.04. The van der Waals surface area contributed by atoms with Gasteiger partial charge >= 0.3 is 0 Å². The van der Waals surface area contributed by atoms with E-state index < -0.39 is 0 Å². The molecule has 0 spiro atoms. The smallest absolute Gasteiger partial charge is 0.128 e. The zero-order valence-corrected chi connectivity index (χ0v) is 11.1. The van der Waals surface area contributed by atoms with E-state index in [4.69, 9.17) is 0 Å². The highest BCUT2D eigenvalue weighted by molar-refractivity contribution is 5.27. The summed E-state index contributed by atoms with van der Waals surface area (Å²) in [5.74, 6) is -0.247. The normalized spacial score (nSPS) is 15.1. The zero-order chi connectivity index (χ0) is 13.2. The molecule has 0 aliphatic carbocycles. The summed E-state index contributed by atoms with van der Waals surface area (Å²) in [5.41, 5.74) is 0.732. The van der Waals surface area contributed by atoms with Gasteiger partial charge in [0.2, 0.25) is 0 Å². The fraction of sp³-hybridized carbons (Fsp3) is 0.571. The van der Waals surface area contributed by atoms with E-state index in [1.807, 2.05) is 13.8 Å². The molecule has 0 heterocycles. The maximum atomic E-state index is 13.7. The molecule has 0 saturated carbocycles. The molecule has 0 fully saturated rings. The predicted octanol–water partition coefficient (Wildman–Crippen LogP) is 3.97. The molecule has 96 valence electrons. The molecule has 0 bridgehead atoms. The van der Waals surface area contributed by atoms with E-state index in [9.17, 15) is 8.78 Å². The summed E-state index contributed by atoms with van der Waals surface area (Å²) >= 11 is 0. The summed E-state index contributed by atoms with van der Waals surface area (Å²) in [6.45, 7) is 9.65. The number of benzene rings is 1. The van der Waals surface area contributed by atoms with Crippen molar-refractivity contribution in [2.45, 2.75) is 46.7 Å². The van der Waals surface area contributed by atoms with E-state index in [1.54, 1.807) is 6.92 Å². The molecule has 0 amide bonds. The van der Waals surface area contributed by atoms with Crippen LogP contribution in [0, 0.1) is 24.5 Å². The van der Waals surface area contributed by atoms with Crippen molar-refractivity contribution in [1.29, 1.82) is 0 Å². The van der Waals surface area contributed by atoms with Gasteiger partial charge in [-0.15, -0.1) is 0 Å². The van der Waals surface area contributed by atoms with Crippen molar-refractivity contribution in [3.8, 4) is 0 Å². The minimum atomic E-state index is -0.354. The number of rotatable bonds is 4. The highest BCUT2D eigenvalue weighted by Gasteiger charge is 2.16. The molecular formula is C14H21F2N. The van der Waals surface area contributed by atoms with Crippen LogP contribution in [0.25, 0.3) is 0 Å². The maximum Gasteiger partial charge on any atom is 0.128 e. The van der Waals surface area contributed by atoms with Crippen molar-refractivity contribution in [1.82, 2.24) is 5.32 Å². The van der Waals surface area contributed by atoms with Gasteiger partial charge in [-0.05, 0) is 44.4 Å². The van der Waals surface area contributed by atoms with Crippen molar-refractivity contribution < 1.29 is 8.78 Å². The van der Waals surface area contributed by atoms with Crippen LogP contribution in [0.3, 0.4) is 0 Å². The highest BCUT2D eigenvalue weighted by atomic mass is 19.1. The van der Waals surface area contributed by atoms with E-state index in [2.05, 4.69) is 19.2 Å². The van der Waals surface area contributed by atoms with Gasteiger partial charge in [0, 0.05) is 17.6 Å². The Morgan fingerprint density at radius 3 is 2.12 bits per heavy atom. The Balaban J connectivity index is 2.89. The summed E-state index contributed by atoms with van der Waals surface area (Å²) in [4.78, 5) is 0. The quantitative estimate of drug-likeness (QED) is 0.841. The minimum absolute atomic E-state index is 0.192. The van der Waals surface area contributed by atoms with Crippen LogP contribution in [-0.2, 0) is 0 Å². The van der Waals surface area contributed by atoms with E-state index in [0.29, 0.717) is 17.0 Å². The van der Waals surface area contributed by atoms with Gasteiger partial charge in [0.15, 0.2) is 0 Å². The Morgan fingerprint density at radius 2 is 1.59 bits per heavy atom. The van der Waals surface area contributed by atoms with Gasteiger partial charge in [-0.2, -0.15) is 0 Å². The second-order valence-corrected chi connectivity index (χ2v) is 5.04. The third-order valence-corrected chi connectivity index (χ3v) is 3.26. The van der Waals surface area contributed by atoms with Crippen molar-refractivity contribution >= 4 is 0 Å². The molecule has 1 aromatic rings. The third kappa shape index (κ3) is 3.50. The Morgan fingerprint density at radius 1 is 1.00 bits per heavy atom. The standard InChI is InChI=1S/C14H21F2N/c1-8(2)10(4)17-11(5)12-7-13(15)9(3)6-14(12)16/h6-8,10-11,17H,1-5H3. The van der Waals surface area contributed by atoms with Crippen LogP contribution in [0.15, 0.2) is 12.1 Å². The van der Waals surface area contributed by atoms with Crippen LogP contribution in [0.2, 0.25) is 0 Å². The topological polar surface area (TPSA) is 12.0 Å². The van der Waals surface area contributed by atoms with E-state index >= 15 is 0 Å². The fourth-order valence-electron chi connectivity index (χ4n) is 1.67. The number of nitrogens with one attached hydrogen (secondary N) is 1. The molecule has 3 heteroatoms. The first-order chi connectivity index (χ1) is 7.82. The summed E-state index contributed by atoms with van der Waals surface area (Å²) in [6.07, 6.45) is 0. The Hall–Kier alpha value is -0.960. The van der Waals surface area contributed by atoms with Crippen molar-refractivity contribution in [3.05, 3.63) is 34.9 Å². The van der Waals surface area contributed by atoms with Gasteiger partial charge in [0.1, 0.15) is 11.6 Å². The minimum Gasteiger partial charge on any atom is -0.307 e. The van der Waals surface area contributed by atoms with Crippen molar-refractivity contribution in [3.63, 3.8) is 0 Å². The Bertz CT molecular complexity index is 388. The molecule has 0 aliphatic heterocycles. The number of halogens is 2. The maximum absolute atomic E-state index is 13.7. The summed E-state index contributed by atoms with van der Waals surface area (Å²) in [6, 6.07) is 2.61. The lowest BCUT2D eigenvalue weighted by Gasteiger charge is -2.23. The fourth-order valence-corrected chi connectivity index (χ4v) is 1.67. The molecule has 1 aromatic carbocycles. The van der Waals surface area contributed by atoms with Gasteiger partial charge in [-0.1, -0.05) is 13.8 Å². The molecule has 1 rings (SSSR count). The van der Waals surface area contributed by atoms with E-state index in [0.717, 1.165) is 0 Å². The first-order valence-corrected chi connectivity index (χ1v) is 6.04. The average molecular weight is 241 g/mol. The van der Waals surface area contributed by atoms with Gasteiger partial charge in [-0.3, -0.25) is 0 Å². The van der Waals surface area contributed by atoms with E-state index in [-0.39, 0.29) is 23.7 Å². The molecule has 2 atom stereocenters. The molecule has 0 aliphatic rings. The van der Waals surface area contributed by atoms with Crippen LogP contribution < -0.4 is 5.32 Å². The number of hydrogen-bond acceptors (Lipinski definition) is 1. The van der Waals surface area contributed by atoms with Gasteiger partial charge < -0.3 is 5.32 Å². The molecule has 0 saturated heterocycles.